The highest BCUT2D eigenvalue weighted by molar-refractivity contribution is 5.79. The number of aromatic hydroxyl groups is 1. The van der Waals surface area contributed by atoms with Crippen molar-refractivity contribution in [2.45, 2.75) is 6.54 Å². The summed E-state index contributed by atoms with van der Waals surface area (Å²) in [7, 11) is 0. The van der Waals surface area contributed by atoms with Gasteiger partial charge in [-0.3, -0.25) is 0 Å². The highest BCUT2D eigenvalue weighted by Gasteiger charge is 2.05. The van der Waals surface area contributed by atoms with E-state index in [-0.39, 0.29) is 5.75 Å². The van der Waals surface area contributed by atoms with Crippen LogP contribution in [0.4, 0.5) is 10.1 Å². The number of pyridine rings is 1. The summed E-state index contributed by atoms with van der Waals surface area (Å²) >= 11 is 0. The first-order valence-corrected chi connectivity index (χ1v) is 5.87. The second-order valence-electron chi connectivity index (χ2n) is 4.23. The van der Waals surface area contributed by atoms with Gasteiger partial charge in [-0.1, -0.05) is 0 Å². The third kappa shape index (κ3) is 2.22. The van der Waals surface area contributed by atoms with E-state index < -0.39 is 5.82 Å². The molecule has 1 aromatic carbocycles. The Morgan fingerprint density at radius 1 is 1.32 bits per heavy atom. The second kappa shape index (κ2) is 4.61. The van der Waals surface area contributed by atoms with Crippen LogP contribution in [0, 0.1) is 5.82 Å². The van der Waals surface area contributed by atoms with Crippen molar-refractivity contribution in [2.24, 2.45) is 0 Å². The summed E-state index contributed by atoms with van der Waals surface area (Å²) in [5, 5.41) is 13.3. The number of H-pyrrole nitrogens is 1. The molecule has 4 nitrogen and oxygen atoms in total. The highest BCUT2D eigenvalue weighted by atomic mass is 19.1. The number of fused-ring (bicyclic) bond motifs is 1. The summed E-state index contributed by atoms with van der Waals surface area (Å²) in [6.07, 6.45) is 3.60. The number of benzene rings is 1. The fraction of sp³-hybridized carbons (Fsp3) is 0.0714. The quantitative estimate of drug-likeness (QED) is 0.632. The lowest BCUT2D eigenvalue weighted by molar-refractivity contribution is 0.432. The maximum atomic E-state index is 13.2. The van der Waals surface area contributed by atoms with Crippen LogP contribution in [0.15, 0.2) is 42.7 Å². The molecule has 5 heteroatoms. The molecule has 3 aromatic rings. The smallest absolute Gasteiger partial charge is 0.166 e. The summed E-state index contributed by atoms with van der Waals surface area (Å²) in [6.45, 7) is 0.551. The summed E-state index contributed by atoms with van der Waals surface area (Å²) in [5.41, 5.74) is 2.50. The first-order chi connectivity index (χ1) is 9.24. The molecule has 0 bridgehead atoms. The van der Waals surface area contributed by atoms with Crippen LogP contribution in [-0.2, 0) is 6.54 Å². The molecule has 0 aliphatic heterocycles. The van der Waals surface area contributed by atoms with Gasteiger partial charge in [-0.05, 0) is 29.8 Å². The van der Waals surface area contributed by atoms with Crippen LogP contribution in [0.1, 0.15) is 5.56 Å². The van der Waals surface area contributed by atoms with Crippen LogP contribution in [0.25, 0.3) is 11.0 Å². The predicted molar refractivity (Wildman–Crippen MR) is 71.5 cm³/mol. The predicted octanol–water partition coefficient (Wildman–Crippen LogP) is 3.02. The van der Waals surface area contributed by atoms with Gasteiger partial charge in [0, 0.05) is 36.1 Å². The summed E-state index contributed by atoms with van der Waals surface area (Å²) in [6, 6.07) is 8.08. The standard InChI is InChI=1S/C14H12FN3O/c15-12-6-10(3-4-13(12)19)17-7-9-8-18-14-11(9)2-1-5-16-14/h1-6,8,17,19H,7H2,(H,16,18). The van der Waals surface area contributed by atoms with Gasteiger partial charge in [0.25, 0.3) is 0 Å². The van der Waals surface area contributed by atoms with Crippen molar-refractivity contribution in [2.75, 3.05) is 5.32 Å². The number of hydrogen-bond donors (Lipinski definition) is 3. The van der Waals surface area contributed by atoms with Crippen molar-refractivity contribution in [3.05, 3.63) is 54.1 Å². The van der Waals surface area contributed by atoms with E-state index in [0.717, 1.165) is 16.6 Å². The molecule has 19 heavy (non-hydrogen) atoms. The molecule has 0 spiro atoms. The molecule has 0 fully saturated rings. The van der Waals surface area contributed by atoms with Gasteiger partial charge >= 0.3 is 0 Å². The average molecular weight is 257 g/mol. The second-order valence-corrected chi connectivity index (χ2v) is 4.23. The van der Waals surface area contributed by atoms with Crippen LogP contribution in [0.3, 0.4) is 0 Å². The molecule has 0 saturated heterocycles. The fourth-order valence-corrected chi connectivity index (χ4v) is 1.97. The third-order valence-electron chi connectivity index (χ3n) is 2.97. The van der Waals surface area contributed by atoms with E-state index >= 15 is 0 Å². The summed E-state index contributed by atoms with van der Waals surface area (Å²) in [5.74, 6) is -0.979. The van der Waals surface area contributed by atoms with Gasteiger partial charge in [0.2, 0.25) is 0 Å². The Hall–Kier alpha value is -2.56. The molecule has 2 aromatic heterocycles. The number of phenols is 1. The fourth-order valence-electron chi connectivity index (χ4n) is 1.97. The van der Waals surface area contributed by atoms with Crippen LogP contribution in [0.5, 0.6) is 5.75 Å². The molecule has 3 N–H and O–H groups in total. The topological polar surface area (TPSA) is 60.9 Å². The maximum Gasteiger partial charge on any atom is 0.166 e. The normalized spacial score (nSPS) is 10.8. The monoisotopic (exact) mass is 257 g/mol. The molecule has 0 unspecified atom stereocenters. The minimum Gasteiger partial charge on any atom is -0.505 e. The number of anilines is 1. The van der Waals surface area contributed by atoms with E-state index in [1.807, 2.05) is 18.3 Å². The number of hydrogen-bond acceptors (Lipinski definition) is 3. The van der Waals surface area contributed by atoms with Gasteiger partial charge in [0.15, 0.2) is 11.6 Å². The Labute approximate surface area is 108 Å². The lowest BCUT2D eigenvalue weighted by Crippen LogP contribution is -1.98. The van der Waals surface area contributed by atoms with Crippen LogP contribution in [0.2, 0.25) is 0 Å². The van der Waals surface area contributed by atoms with Crippen molar-refractivity contribution in [3.8, 4) is 5.75 Å². The molecule has 0 radical (unpaired) electrons. The number of rotatable bonds is 3. The molecule has 2 heterocycles. The molecule has 3 rings (SSSR count). The Bertz CT molecular complexity index is 724. The Kier molecular flexibility index (Phi) is 2.79. The molecule has 0 aliphatic rings. The molecule has 0 aliphatic carbocycles. The minimum absolute atomic E-state index is 0.346. The summed E-state index contributed by atoms with van der Waals surface area (Å²) in [4.78, 5) is 7.29. The van der Waals surface area contributed by atoms with E-state index in [1.165, 1.54) is 12.1 Å². The number of nitrogens with zero attached hydrogens (tertiary/aromatic N) is 1. The number of aromatic nitrogens is 2. The van der Waals surface area contributed by atoms with Crippen LogP contribution < -0.4 is 5.32 Å². The van der Waals surface area contributed by atoms with Gasteiger partial charge in [-0.15, -0.1) is 0 Å². The van der Waals surface area contributed by atoms with Crippen molar-refractivity contribution < 1.29 is 9.50 Å². The molecule has 0 saturated carbocycles. The molecule has 96 valence electrons. The zero-order valence-electron chi connectivity index (χ0n) is 10.0. The van der Waals surface area contributed by atoms with Gasteiger partial charge in [-0.2, -0.15) is 0 Å². The number of halogens is 1. The van der Waals surface area contributed by atoms with Gasteiger partial charge < -0.3 is 15.4 Å². The Morgan fingerprint density at radius 3 is 3.05 bits per heavy atom. The molecular formula is C14H12FN3O. The van der Waals surface area contributed by atoms with Gasteiger partial charge in [0.05, 0.1) is 0 Å². The SMILES string of the molecule is Oc1ccc(NCc2c[nH]c3ncccc23)cc1F. The van der Waals surface area contributed by atoms with Crippen molar-refractivity contribution >= 4 is 16.7 Å². The van der Waals surface area contributed by atoms with E-state index in [9.17, 15) is 4.39 Å². The minimum atomic E-state index is -0.634. The van der Waals surface area contributed by atoms with E-state index in [4.69, 9.17) is 5.11 Å². The third-order valence-corrected chi connectivity index (χ3v) is 2.97. The highest BCUT2D eigenvalue weighted by Crippen LogP contribution is 2.21. The molecule has 0 amide bonds. The van der Waals surface area contributed by atoms with Gasteiger partial charge in [0.1, 0.15) is 5.65 Å². The van der Waals surface area contributed by atoms with Crippen molar-refractivity contribution in [1.82, 2.24) is 9.97 Å². The van der Waals surface area contributed by atoms with Crippen LogP contribution in [-0.4, -0.2) is 15.1 Å². The number of phenolic OH excluding ortho intramolecular Hbond substituents is 1. The summed E-state index contributed by atoms with van der Waals surface area (Å²) < 4.78 is 13.2. The molecule has 0 atom stereocenters. The van der Waals surface area contributed by atoms with Gasteiger partial charge in [-0.25, -0.2) is 9.37 Å². The van der Waals surface area contributed by atoms with E-state index in [1.54, 1.807) is 12.3 Å². The zero-order chi connectivity index (χ0) is 13.2. The maximum absolute atomic E-state index is 13.2. The first-order valence-electron chi connectivity index (χ1n) is 5.87. The van der Waals surface area contributed by atoms with E-state index in [2.05, 4.69) is 15.3 Å². The first kappa shape index (κ1) is 11.5. The van der Waals surface area contributed by atoms with Crippen molar-refractivity contribution in [3.63, 3.8) is 0 Å². The van der Waals surface area contributed by atoms with Crippen molar-refractivity contribution in [1.29, 1.82) is 0 Å². The molecular weight excluding hydrogens is 245 g/mol. The zero-order valence-corrected chi connectivity index (χ0v) is 10.0. The van der Waals surface area contributed by atoms with E-state index in [0.29, 0.717) is 12.2 Å². The average Bonchev–Trinajstić information content (AvgIpc) is 2.83. The number of nitrogens with one attached hydrogen (secondary N) is 2. The lowest BCUT2D eigenvalue weighted by Gasteiger charge is -2.06. The largest absolute Gasteiger partial charge is 0.505 e. The van der Waals surface area contributed by atoms with Crippen LogP contribution >= 0.6 is 0 Å². The Morgan fingerprint density at radius 2 is 2.21 bits per heavy atom. The number of aromatic amines is 1. The lowest BCUT2D eigenvalue weighted by atomic mass is 10.2. The Balaban J connectivity index is 1.80.